The molecule has 19 heavy (non-hydrogen) atoms. The van der Waals surface area contributed by atoms with Gasteiger partial charge in [0.2, 0.25) is 0 Å². The SMILES string of the molecule is CCN(CC(C)C)C(CN)c1ccc(C(C)C)cc1. The third kappa shape index (κ3) is 4.63. The lowest BCUT2D eigenvalue weighted by molar-refractivity contribution is 0.189. The Kier molecular flexibility index (Phi) is 6.53. The van der Waals surface area contributed by atoms with Crippen molar-refractivity contribution in [3.63, 3.8) is 0 Å². The zero-order valence-corrected chi connectivity index (χ0v) is 13.2. The van der Waals surface area contributed by atoms with E-state index < -0.39 is 0 Å². The summed E-state index contributed by atoms with van der Waals surface area (Å²) in [4.78, 5) is 2.48. The van der Waals surface area contributed by atoms with Crippen molar-refractivity contribution in [3.05, 3.63) is 35.4 Å². The van der Waals surface area contributed by atoms with Crippen LogP contribution in [0, 0.1) is 5.92 Å². The van der Waals surface area contributed by atoms with Crippen LogP contribution in [0.4, 0.5) is 0 Å². The lowest BCUT2D eigenvalue weighted by atomic mass is 9.98. The number of hydrogen-bond donors (Lipinski definition) is 1. The molecule has 0 radical (unpaired) electrons. The largest absolute Gasteiger partial charge is 0.329 e. The van der Waals surface area contributed by atoms with Crippen LogP contribution in [0.5, 0.6) is 0 Å². The molecule has 1 aromatic carbocycles. The molecule has 0 aliphatic carbocycles. The predicted molar refractivity (Wildman–Crippen MR) is 84.4 cm³/mol. The lowest BCUT2D eigenvalue weighted by Crippen LogP contribution is -2.36. The molecule has 0 aromatic heterocycles. The zero-order chi connectivity index (χ0) is 14.4. The molecule has 0 aliphatic heterocycles. The normalized spacial score (nSPS) is 13.5. The Balaban J connectivity index is 2.88. The average molecular weight is 262 g/mol. The monoisotopic (exact) mass is 262 g/mol. The van der Waals surface area contributed by atoms with E-state index in [-0.39, 0.29) is 0 Å². The van der Waals surface area contributed by atoms with Crippen LogP contribution in [0.25, 0.3) is 0 Å². The summed E-state index contributed by atoms with van der Waals surface area (Å²) in [7, 11) is 0. The van der Waals surface area contributed by atoms with E-state index in [2.05, 4.69) is 63.8 Å². The minimum absolute atomic E-state index is 0.341. The van der Waals surface area contributed by atoms with Crippen molar-refractivity contribution in [2.24, 2.45) is 11.7 Å². The molecule has 2 nitrogen and oxygen atoms in total. The first-order valence-corrected chi connectivity index (χ1v) is 7.53. The second kappa shape index (κ2) is 7.66. The second-order valence-corrected chi connectivity index (χ2v) is 6.05. The molecule has 1 aromatic rings. The average Bonchev–Trinajstić information content (AvgIpc) is 2.38. The molecule has 0 amide bonds. The van der Waals surface area contributed by atoms with E-state index in [1.165, 1.54) is 11.1 Å². The summed E-state index contributed by atoms with van der Waals surface area (Å²) in [6.45, 7) is 14.0. The molecule has 1 unspecified atom stereocenters. The van der Waals surface area contributed by atoms with Gasteiger partial charge in [-0.05, 0) is 29.5 Å². The quantitative estimate of drug-likeness (QED) is 0.810. The highest BCUT2D eigenvalue weighted by Gasteiger charge is 2.18. The first kappa shape index (κ1) is 16.2. The summed E-state index contributed by atoms with van der Waals surface area (Å²) in [5.74, 6) is 1.26. The summed E-state index contributed by atoms with van der Waals surface area (Å²) in [6.07, 6.45) is 0. The van der Waals surface area contributed by atoms with Gasteiger partial charge in [-0.15, -0.1) is 0 Å². The molecule has 108 valence electrons. The van der Waals surface area contributed by atoms with E-state index in [0.717, 1.165) is 13.1 Å². The summed E-state index contributed by atoms with van der Waals surface area (Å²) < 4.78 is 0. The van der Waals surface area contributed by atoms with E-state index in [0.29, 0.717) is 24.4 Å². The number of nitrogens with zero attached hydrogens (tertiary/aromatic N) is 1. The van der Waals surface area contributed by atoms with Gasteiger partial charge in [-0.2, -0.15) is 0 Å². The smallest absolute Gasteiger partial charge is 0.0470 e. The lowest BCUT2D eigenvalue weighted by Gasteiger charge is -2.31. The van der Waals surface area contributed by atoms with E-state index in [1.54, 1.807) is 0 Å². The van der Waals surface area contributed by atoms with Gasteiger partial charge >= 0.3 is 0 Å². The zero-order valence-electron chi connectivity index (χ0n) is 13.2. The molecule has 0 heterocycles. The fraction of sp³-hybridized carbons (Fsp3) is 0.647. The van der Waals surface area contributed by atoms with Crippen molar-refractivity contribution in [3.8, 4) is 0 Å². The summed E-state index contributed by atoms with van der Waals surface area (Å²) >= 11 is 0. The van der Waals surface area contributed by atoms with Crippen LogP contribution in [-0.2, 0) is 0 Å². The van der Waals surface area contributed by atoms with Gasteiger partial charge in [-0.25, -0.2) is 0 Å². The highest BCUT2D eigenvalue weighted by Crippen LogP contribution is 2.23. The molecular weight excluding hydrogens is 232 g/mol. The van der Waals surface area contributed by atoms with Gasteiger partial charge in [0.25, 0.3) is 0 Å². The Bertz CT molecular complexity index is 354. The first-order chi connectivity index (χ1) is 8.99. The van der Waals surface area contributed by atoms with E-state index in [9.17, 15) is 0 Å². The van der Waals surface area contributed by atoms with Gasteiger partial charge < -0.3 is 5.73 Å². The maximum Gasteiger partial charge on any atom is 0.0470 e. The van der Waals surface area contributed by atoms with Gasteiger partial charge in [-0.1, -0.05) is 58.9 Å². The fourth-order valence-electron chi connectivity index (χ4n) is 2.54. The van der Waals surface area contributed by atoms with Crippen LogP contribution in [0.2, 0.25) is 0 Å². The molecule has 0 bridgehead atoms. The Labute approximate surface area is 119 Å². The molecule has 2 N–H and O–H groups in total. The van der Waals surface area contributed by atoms with Crippen LogP contribution >= 0.6 is 0 Å². The molecule has 0 spiro atoms. The number of rotatable bonds is 7. The van der Waals surface area contributed by atoms with E-state index in [4.69, 9.17) is 5.73 Å². The molecule has 0 saturated heterocycles. The molecule has 0 saturated carbocycles. The number of hydrogen-bond acceptors (Lipinski definition) is 2. The standard InChI is InChI=1S/C17H30N2/c1-6-19(12-13(2)3)17(11-18)16-9-7-15(8-10-16)14(4)5/h7-10,13-14,17H,6,11-12,18H2,1-5H3. The Morgan fingerprint density at radius 1 is 1.00 bits per heavy atom. The highest BCUT2D eigenvalue weighted by molar-refractivity contribution is 5.27. The summed E-state index contributed by atoms with van der Waals surface area (Å²) in [5.41, 5.74) is 8.75. The number of likely N-dealkylation sites (N-methyl/N-ethyl adjacent to an activating group) is 1. The number of benzene rings is 1. The summed E-state index contributed by atoms with van der Waals surface area (Å²) in [6, 6.07) is 9.32. The second-order valence-electron chi connectivity index (χ2n) is 6.05. The van der Waals surface area contributed by atoms with Gasteiger partial charge in [-0.3, -0.25) is 4.90 Å². The van der Waals surface area contributed by atoms with Crippen LogP contribution in [-0.4, -0.2) is 24.5 Å². The minimum Gasteiger partial charge on any atom is -0.329 e. The van der Waals surface area contributed by atoms with Crippen LogP contribution in [0.3, 0.4) is 0 Å². The maximum atomic E-state index is 6.01. The van der Waals surface area contributed by atoms with Crippen LogP contribution < -0.4 is 5.73 Å². The molecule has 1 rings (SSSR count). The third-order valence-electron chi connectivity index (χ3n) is 3.66. The molecule has 1 atom stereocenters. The fourth-order valence-corrected chi connectivity index (χ4v) is 2.54. The topological polar surface area (TPSA) is 29.3 Å². The highest BCUT2D eigenvalue weighted by atomic mass is 15.2. The Hall–Kier alpha value is -0.860. The van der Waals surface area contributed by atoms with Crippen molar-refractivity contribution < 1.29 is 0 Å². The Morgan fingerprint density at radius 2 is 1.53 bits per heavy atom. The maximum absolute atomic E-state index is 6.01. The van der Waals surface area contributed by atoms with Crippen molar-refractivity contribution in [2.75, 3.05) is 19.6 Å². The minimum atomic E-state index is 0.341. The van der Waals surface area contributed by atoms with Crippen molar-refractivity contribution in [1.29, 1.82) is 0 Å². The van der Waals surface area contributed by atoms with Gasteiger partial charge in [0, 0.05) is 19.1 Å². The van der Waals surface area contributed by atoms with Gasteiger partial charge in [0.15, 0.2) is 0 Å². The van der Waals surface area contributed by atoms with Gasteiger partial charge in [0.05, 0.1) is 0 Å². The third-order valence-corrected chi connectivity index (χ3v) is 3.66. The summed E-state index contributed by atoms with van der Waals surface area (Å²) in [5, 5.41) is 0. The van der Waals surface area contributed by atoms with E-state index in [1.807, 2.05) is 0 Å². The Morgan fingerprint density at radius 3 is 1.89 bits per heavy atom. The van der Waals surface area contributed by atoms with E-state index >= 15 is 0 Å². The van der Waals surface area contributed by atoms with Gasteiger partial charge in [0.1, 0.15) is 0 Å². The van der Waals surface area contributed by atoms with Crippen LogP contribution in [0.1, 0.15) is 57.7 Å². The molecule has 0 aliphatic rings. The first-order valence-electron chi connectivity index (χ1n) is 7.53. The number of nitrogens with two attached hydrogens (primary N) is 1. The van der Waals surface area contributed by atoms with Crippen molar-refractivity contribution >= 4 is 0 Å². The molecule has 0 fully saturated rings. The van der Waals surface area contributed by atoms with Crippen molar-refractivity contribution in [1.82, 2.24) is 4.90 Å². The molecule has 2 heteroatoms. The van der Waals surface area contributed by atoms with Crippen molar-refractivity contribution in [2.45, 2.75) is 46.6 Å². The predicted octanol–water partition coefficient (Wildman–Crippen LogP) is 3.79. The molecular formula is C17H30N2. The van der Waals surface area contributed by atoms with Crippen LogP contribution in [0.15, 0.2) is 24.3 Å².